The molecule has 2 N–H and O–H groups in total. The van der Waals surface area contributed by atoms with Crippen LogP contribution in [0.25, 0.3) is 0 Å². The number of hydrogen-bond donors (Lipinski definition) is 1. The van der Waals surface area contributed by atoms with Crippen LogP contribution in [0.2, 0.25) is 0 Å². The largest absolute Gasteiger partial charge is 0.370 e. The Kier molecular flexibility index (Phi) is 8.91. The van der Waals surface area contributed by atoms with Gasteiger partial charge >= 0.3 is 0 Å². The van der Waals surface area contributed by atoms with Gasteiger partial charge in [-0.2, -0.15) is 0 Å². The molecule has 4 nitrogen and oxygen atoms in total. The van der Waals surface area contributed by atoms with E-state index in [-0.39, 0.29) is 30.0 Å². The number of likely N-dealkylation sites (tertiary alicyclic amines) is 1. The topological polar surface area (TPSA) is 44.9 Å². The predicted molar refractivity (Wildman–Crippen MR) is 110 cm³/mol. The average Bonchev–Trinajstić information content (AvgIpc) is 2.78. The van der Waals surface area contributed by atoms with E-state index in [0.717, 1.165) is 13.1 Å². The summed E-state index contributed by atoms with van der Waals surface area (Å²) in [6.07, 6.45) is 5.08. The number of benzene rings is 1. The number of nitrogens with two attached hydrogens (primary N) is 1. The van der Waals surface area contributed by atoms with Gasteiger partial charge in [-0.1, -0.05) is 42.7 Å². The molecular formula is C18H31IN4. The second-order valence-electron chi connectivity index (χ2n) is 6.49. The van der Waals surface area contributed by atoms with Gasteiger partial charge in [-0.3, -0.25) is 4.99 Å². The number of likely N-dealkylation sites (N-methyl/N-ethyl adjacent to an activating group) is 1. The van der Waals surface area contributed by atoms with Gasteiger partial charge in [-0.05, 0) is 39.4 Å². The molecule has 0 amide bonds. The number of nitrogens with zero attached hydrogens (tertiary/aromatic N) is 3. The van der Waals surface area contributed by atoms with Crippen molar-refractivity contribution in [3.05, 3.63) is 35.4 Å². The minimum atomic E-state index is 0. The number of aliphatic imine (C=N–C) groups is 1. The highest BCUT2D eigenvalue weighted by molar-refractivity contribution is 14.0. The van der Waals surface area contributed by atoms with Crippen molar-refractivity contribution in [1.82, 2.24) is 9.80 Å². The molecule has 5 heteroatoms. The molecule has 1 atom stereocenters. The zero-order valence-electron chi connectivity index (χ0n) is 14.7. The first-order valence-electron chi connectivity index (χ1n) is 8.36. The zero-order valence-corrected chi connectivity index (χ0v) is 17.0. The van der Waals surface area contributed by atoms with Crippen LogP contribution in [-0.4, -0.2) is 49.5 Å². The van der Waals surface area contributed by atoms with Crippen LogP contribution in [-0.2, 0) is 0 Å². The molecular weight excluding hydrogens is 399 g/mol. The second kappa shape index (κ2) is 10.1. The molecule has 130 valence electrons. The normalized spacial score (nSPS) is 17.6. The Morgan fingerprint density at radius 2 is 1.70 bits per heavy atom. The lowest BCUT2D eigenvalue weighted by atomic mass is 10.0. The van der Waals surface area contributed by atoms with E-state index in [1.165, 1.54) is 36.8 Å². The summed E-state index contributed by atoms with van der Waals surface area (Å²) in [5.74, 6) is 0.709. The van der Waals surface area contributed by atoms with Gasteiger partial charge in [0, 0.05) is 13.1 Å². The third-order valence-corrected chi connectivity index (χ3v) is 4.44. The summed E-state index contributed by atoms with van der Waals surface area (Å²) in [6, 6.07) is 8.97. The van der Waals surface area contributed by atoms with Crippen LogP contribution in [0, 0.1) is 6.92 Å². The van der Waals surface area contributed by atoms with Gasteiger partial charge in [0.2, 0.25) is 0 Å². The van der Waals surface area contributed by atoms with Gasteiger partial charge in [0.25, 0.3) is 0 Å². The van der Waals surface area contributed by atoms with Crippen LogP contribution >= 0.6 is 24.0 Å². The van der Waals surface area contributed by atoms with E-state index >= 15 is 0 Å². The summed E-state index contributed by atoms with van der Waals surface area (Å²) in [4.78, 5) is 9.15. The molecule has 2 rings (SSSR count). The number of hydrogen-bond acceptors (Lipinski definition) is 2. The SMILES string of the molecule is Cc1ccc(C(CN=C(N)N2CCCCCC2)N(C)C)cc1.I. The zero-order chi connectivity index (χ0) is 15.9. The van der Waals surface area contributed by atoms with Crippen molar-refractivity contribution in [2.45, 2.75) is 38.6 Å². The number of rotatable bonds is 4. The first kappa shape index (κ1) is 20.2. The molecule has 1 fully saturated rings. The fraction of sp³-hybridized carbons (Fsp3) is 0.611. The lowest BCUT2D eigenvalue weighted by Crippen LogP contribution is -2.38. The van der Waals surface area contributed by atoms with Crippen molar-refractivity contribution in [2.24, 2.45) is 10.7 Å². The summed E-state index contributed by atoms with van der Waals surface area (Å²) in [5, 5.41) is 0. The molecule has 1 saturated heterocycles. The van der Waals surface area contributed by atoms with Crippen LogP contribution in [0.1, 0.15) is 42.9 Å². The minimum absolute atomic E-state index is 0. The Balaban J connectivity index is 0.00000264. The lowest BCUT2D eigenvalue weighted by molar-refractivity contribution is 0.305. The van der Waals surface area contributed by atoms with Crippen LogP contribution in [0.5, 0.6) is 0 Å². The molecule has 0 aromatic heterocycles. The number of halogens is 1. The Hall–Kier alpha value is -0.820. The van der Waals surface area contributed by atoms with Gasteiger partial charge < -0.3 is 15.5 Å². The molecule has 0 saturated carbocycles. The molecule has 0 bridgehead atoms. The smallest absolute Gasteiger partial charge is 0.191 e. The molecule has 1 aliphatic heterocycles. The quantitative estimate of drug-likeness (QED) is 0.453. The van der Waals surface area contributed by atoms with Crippen molar-refractivity contribution in [2.75, 3.05) is 33.7 Å². The standard InChI is InChI=1S/C18H30N4.HI/c1-15-8-10-16(11-9-15)17(21(2)3)14-20-18(19)22-12-6-4-5-7-13-22;/h8-11,17H,4-7,12-14H2,1-3H3,(H2,19,20);1H. The third-order valence-electron chi connectivity index (χ3n) is 4.44. The fourth-order valence-electron chi connectivity index (χ4n) is 2.94. The number of aryl methyl sites for hydroxylation is 1. The Bertz CT molecular complexity index is 476. The Morgan fingerprint density at radius 3 is 2.22 bits per heavy atom. The van der Waals surface area contributed by atoms with Crippen molar-refractivity contribution in [3.8, 4) is 0 Å². The molecule has 1 aliphatic rings. The summed E-state index contributed by atoms with van der Waals surface area (Å²) in [7, 11) is 4.20. The minimum Gasteiger partial charge on any atom is -0.370 e. The van der Waals surface area contributed by atoms with Gasteiger partial charge in [0.1, 0.15) is 0 Å². The van der Waals surface area contributed by atoms with E-state index in [1.54, 1.807) is 0 Å². The average molecular weight is 430 g/mol. The van der Waals surface area contributed by atoms with Crippen molar-refractivity contribution < 1.29 is 0 Å². The third kappa shape index (κ3) is 6.30. The van der Waals surface area contributed by atoms with E-state index in [0.29, 0.717) is 12.5 Å². The highest BCUT2D eigenvalue weighted by Gasteiger charge is 2.15. The highest BCUT2D eigenvalue weighted by Crippen LogP contribution is 2.19. The molecule has 1 aromatic rings. The maximum Gasteiger partial charge on any atom is 0.191 e. The van der Waals surface area contributed by atoms with Crippen molar-refractivity contribution >= 4 is 29.9 Å². The summed E-state index contributed by atoms with van der Waals surface area (Å²) >= 11 is 0. The maximum absolute atomic E-state index is 6.23. The summed E-state index contributed by atoms with van der Waals surface area (Å²) in [6.45, 7) is 4.92. The van der Waals surface area contributed by atoms with Gasteiger partial charge in [0.05, 0.1) is 12.6 Å². The van der Waals surface area contributed by atoms with E-state index < -0.39 is 0 Å². The first-order chi connectivity index (χ1) is 10.6. The lowest BCUT2D eigenvalue weighted by Gasteiger charge is -2.25. The second-order valence-corrected chi connectivity index (χ2v) is 6.49. The van der Waals surface area contributed by atoms with E-state index in [9.17, 15) is 0 Å². The summed E-state index contributed by atoms with van der Waals surface area (Å²) in [5.41, 5.74) is 8.81. The maximum atomic E-state index is 6.23. The Labute approximate surface area is 158 Å². The van der Waals surface area contributed by atoms with Crippen molar-refractivity contribution in [3.63, 3.8) is 0 Å². The number of guanidine groups is 1. The molecule has 0 spiro atoms. The molecule has 1 aromatic carbocycles. The molecule has 1 heterocycles. The van der Waals surface area contributed by atoms with E-state index in [1.807, 2.05) is 0 Å². The van der Waals surface area contributed by atoms with E-state index in [2.05, 4.69) is 60.1 Å². The van der Waals surface area contributed by atoms with Crippen LogP contribution in [0.4, 0.5) is 0 Å². The van der Waals surface area contributed by atoms with Gasteiger partial charge in [-0.25, -0.2) is 0 Å². The highest BCUT2D eigenvalue weighted by atomic mass is 127. The van der Waals surface area contributed by atoms with Crippen molar-refractivity contribution in [1.29, 1.82) is 0 Å². The molecule has 0 aliphatic carbocycles. The monoisotopic (exact) mass is 430 g/mol. The van der Waals surface area contributed by atoms with Gasteiger partial charge in [-0.15, -0.1) is 24.0 Å². The fourth-order valence-corrected chi connectivity index (χ4v) is 2.94. The van der Waals surface area contributed by atoms with E-state index in [4.69, 9.17) is 5.73 Å². The van der Waals surface area contributed by atoms with Crippen LogP contribution in [0.15, 0.2) is 29.3 Å². The Morgan fingerprint density at radius 1 is 1.13 bits per heavy atom. The van der Waals surface area contributed by atoms with Crippen LogP contribution in [0.3, 0.4) is 0 Å². The first-order valence-corrected chi connectivity index (χ1v) is 8.36. The van der Waals surface area contributed by atoms with Gasteiger partial charge in [0.15, 0.2) is 5.96 Å². The molecule has 0 radical (unpaired) electrons. The predicted octanol–water partition coefficient (Wildman–Crippen LogP) is 3.41. The molecule has 23 heavy (non-hydrogen) atoms. The molecule has 1 unspecified atom stereocenters. The summed E-state index contributed by atoms with van der Waals surface area (Å²) < 4.78 is 0. The van der Waals surface area contributed by atoms with Crippen LogP contribution < -0.4 is 5.73 Å².